The third-order valence-corrected chi connectivity index (χ3v) is 5.06. The smallest absolute Gasteiger partial charge is 0.251 e. The maximum Gasteiger partial charge on any atom is 0.251 e. The van der Waals surface area contributed by atoms with Crippen molar-refractivity contribution in [3.8, 4) is 0 Å². The van der Waals surface area contributed by atoms with Gasteiger partial charge in [0, 0.05) is 22.5 Å². The molecular formula is C15H19N3O2S. The fraction of sp³-hybridized carbons (Fsp3) is 0.467. The van der Waals surface area contributed by atoms with E-state index in [1.54, 1.807) is 6.07 Å². The van der Waals surface area contributed by atoms with E-state index >= 15 is 0 Å². The molecule has 6 heteroatoms. The van der Waals surface area contributed by atoms with Crippen LogP contribution >= 0.6 is 11.8 Å². The number of fused-ring (bicyclic) bond motifs is 1. The highest BCUT2D eigenvalue weighted by atomic mass is 32.2. The van der Waals surface area contributed by atoms with E-state index in [1.807, 2.05) is 12.1 Å². The lowest BCUT2D eigenvalue weighted by Crippen LogP contribution is -2.40. The van der Waals surface area contributed by atoms with E-state index in [1.165, 1.54) is 11.8 Å². The summed E-state index contributed by atoms with van der Waals surface area (Å²) in [5, 5.41) is 5.87. The number of thioether (sulfide) groups is 1. The molecule has 0 bridgehead atoms. The summed E-state index contributed by atoms with van der Waals surface area (Å²) >= 11 is 1.50. The number of nitrogens with one attached hydrogen (secondary N) is 2. The highest BCUT2D eigenvalue weighted by molar-refractivity contribution is 8.00. The normalized spacial score (nSPS) is 24.9. The molecule has 1 aliphatic heterocycles. The minimum atomic E-state index is -0.0805. The largest absolute Gasteiger partial charge is 0.349 e. The summed E-state index contributed by atoms with van der Waals surface area (Å²) in [5.74, 6) is 0.329. The molecule has 1 fully saturated rings. The first kappa shape index (κ1) is 14.4. The first-order chi connectivity index (χ1) is 10.1. The highest BCUT2D eigenvalue weighted by Gasteiger charge is 2.22. The van der Waals surface area contributed by atoms with Gasteiger partial charge in [-0.3, -0.25) is 9.59 Å². The van der Waals surface area contributed by atoms with Crippen molar-refractivity contribution in [3.05, 3.63) is 23.8 Å². The SMILES string of the molecule is NC1CCC(NC(=O)c2ccc3c(c2)NC(=O)CS3)CC1. The molecule has 0 aromatic heterocycles. The Bertz CT molecular complexity index is 568. The summed E-state index contributed by atoms with van der Waals surface area (Å²) in [7, 11) is 0. The van der Waals surface area contributed by atoms with Crippen molar-refractivity contribution in [1.29, 1.82) is 0 Å². The van der Waals surface area contributed by atoms with Gasteiger partial charge >= 0.3 is 0 Å². The Morgan fingerprint density at radius 3 is 2.81 bits per heavy atom. The second-order valence-electron chi connectivity index (χ2n) is 5.63. The monoisotopic (exact) mass is 305 g/mol. The standard InChI is InChI=1S/C15H19N3O2S/c16-10-2-4-11(5-3-10)17-15(20)9-1-6-13-12(7-9)18-14(19)8-21-13/h1,6-7,10-11H,2-5,8,16H2,(H,17,20)(H,18,19). The number of benzene rings is 1. The van der Waals surface area contributed by atoms with Crippen molar-refractivity contribution in [2.24, 2.45) is 5.73 Å². The Kier molecular flexibility index (Phi) is 4.17. The van der Waals surface area contributed by atoms with Gasteiger partial charge in [-0.25, -0.2) is 0 Å². The number of amides is 2. The molecule has 0 spiro atoms. The number of rotatable bonds is 2. The molecule has 1 aromatic rings. The number of nitrogens with two attached hydrogens (primary N) is 1. The van der Waals surface area contributed by atoms with Crippen molar-refractivity contribution in [2.45, 2.75) is 42.7 Å². The molecule has 112 valence electrons. The molecule has 4 N–H and O–H groups in total. The van der Waals surface area contributed by atoms with Gasteiger partial charge in [-0.2, -0.15) is 0 Å². The van der Waals surface area contributed by atoms with Gasteiger partial charge in [0.25, 0.3) is 5.91 Å². The van der Waals surface area contributed by atoms with Crippen LogP contribution in [0.25, 0.3) is 0 Å². The zero-order valence-corrected chi connectivity index (χ0v) is 12.5. The Hall–Kier alpha value is -1.53. The first-order valence-corrected chi connectivity index (χ1v) is 8.23. The molecule has 0 unspecified atom stereocenters. The topological polar surface area (TPSA) is 84.2 Å². The van der Waals surface area contributed by atoms with Crippen LogP contribution < -0.4 is 16.4 Å². The van der Waals surface area contributed by atoms with Crippen LogP contribution in [-0.2, 0) is 4.79 Å². The molecule has 2 aliphatic rings. The van der Waals surface area contributed by atoms with E-state index < -0.39 is 0 Å². The third-order valence-electron chi connectivity index (χ3n) is 3.98. The molecule has 2 amide bonds. The lowest BCUT2D eigenvalue weighted by atomic mass is 9.91. The minimum Gasteiger partial charge on any atom is -0.349 e. The zero-order valence-electron chi connectivity index (χ0n) is 11.7. The van der Waals surface area contributed by atoms with Crippen molar-refractivity contribution in [2.75, 3.05) is 11.1 Å². The van der Waals surface area contributed by atoms with Crippen molar-refractivity contribution in [3.63, 3.8) is 0 Å². The predicted molar refractivity (Wildman–Crippen MR) is 83.5 cm³/mol. The molecule has 0 saturated heterocycles. The highest BCUT2D eigenvalue weighted by Crippen LogP contribution is 2.32. The Morgan fingerprint density at radius 2 is 2.05 bits per heavy atom. The molecular weight excluding hydrogens is 286 g/mol. The summed E-state index contributed by atoms with van der Waals surface area (Å²) < 4.78 is 0. The lowest BCUT2D eigenvalue weighted by Gasteiger charge is -2.27. The summed E-state index contributed by atoms with van der Waals surface area (Å²) in [5.41, 5.74) is 7.19. The van der Waals surface area contributed by atoms with Gasteiger partial charge in [0.05, 0.1) is 11.4 Å². The second kappa shape index (κ2) is 6.07. The Morgan fingerprint density at radius 1 is 1.29 bits per heavy atom. The van der Waals surface area contributed by atoms with Gasteiger partial charge < -0.3 is 16.4 Å². The summed E-state index contributed by atoms with van der Waals surface area (Å²) in [4.78, 5) is 24.7. The maximum absolute atomic E-state index is 12.3. The number of hydrogen-bond donors (Lipinski definition) is 3. The van der Waals surface area contributed by atoms with Crippen LogP contribution in [0.4, 0.5) is 5.69 Å². The van der Waals surface area contributed by atoms with E-state index in [2.05, 4.69) is 10.6 Å². The van der Waals surface area contributed by atoms with Gasteiger partial charge in [0.1, 0.15) is 0 Å². The van der Waals surface area contributed by atoms with Gasteiger partial charge in [0.2, 0.25) is 5.91 Å². The maximum atomic E-state index is 12.3. The van der Waals surface area contributed by atoms with Crippen LogP contribution in [0.15, 0.2) is 23.1 Å². The molecule has 5 nitrogen and oxygen atoms in total. The van der Waals surface area contributed by atoms with Gasteiger partial charge in [-0.15, -0.1) is 11.8 Å². The van der Waals surface area contributed by atoms with E-state index in [9.17, 15) is 9.59 Å². The lowest BCUT2D eigenvalue weighted by molar-refractivity contribution is -0.113. The molecule has 1 aliphatic carbocycles. The van der Waals surface area contributed by atoms with Crippen LogP contribution in [0, 0.1) is 0 Å². The molecule has 1 heterocycles. The third kappa shape index (κ3) is 3.39. The molecule has 0 radical (unpaired) electrons. The van der Waals surface area contributed by atoms with Gasteiger partial charge in [-0.1, -0.05) is 0 Å². The molecule has 21 heavy (non-hydrogen) atoms. The first-order valence-electron chi connectivity index (χ1n) is 7.25. The quantitative estimate of drug-likeness (QED) is 0.777. The average molecular weight is 305 g/mol. The summed E-state index contributed by atoms with van der Waals surface area (Å²) in [6.07, 6.45) is 3.79. The van der Waals surface area contributed by atoms with E-state index in [0.717, 1.165) is 36.3 Å². The number of anilines is 1. The molecule has 1 saturated carbocycles. The van der Waals surface area contributed by atoms with Gasteiger partial charge in [-0.05, 0) is 43.9 Å². The van der Waals surface area contributed by atoms with Crippen LogP contribution in [0.5, 0.6) is 0 Å². The number of carbonyl (C=O) groups excluding carboxylic acids is 2. The summed E-state index contributed by atoms with van der Waals surface area (Å²) in [6.45, 7) is 0. The minimum absolute atomic E-state index is 0.0219. The van der Waals surface area contributed by atoms with E-state index in [-0.39, 0.29) is 23.9 Å². The van der Waals surface area contributed by atoms with Crippen LogP contribution in [0.1, 0.15) is 36.0 Å². The van der Waals surface area contributed by atoms with Crippen molar-refractivity contribution < 1.29 is 9.59 Å². The van der Waals surface area contributed by atoms with Crippen molar-refractivity contribution >= 4 is 29.3 Å². The van der Waals surface area contributed by atoms with E-state index in [0.29, 0.717) is 11.3 Å². The second-order valence-corrected chi connectivity index (χ2v) is 6.65. The zero-order chi connectivity index (χ0) is 14.8. The average Bonchev–Trinajstić information content (AvgIpc) is 2.48. The predicted octanol–water partition coefficient (Wildman–Crippen LogP) is 1.73. The molecule has 1 aromatic carbocycles. The fourth-order valence-corrected chi connectivity index (χ4v) is 3.55. The van der Waals surface area contributed by atoms with Crippen LogP contribution in [0.3, 0.4) is 0 Å². The summed E-state index contributed by atoms with van der Waals surface area (Å²) in [6, 6.07) is 5.94. The van der Waals surface area contributed by atoms with Crippen LogP contribution in [-0.4, -0.2) is 29.7 Å². The van der Waals surface area contributed by atoms with E-state index in [4.69, 9.17) is 5.73 Å². The Balaban J connectivity index is 1.67. The van der Waals surface area contributed by atoms with Gasteiger partial charge in [0.15, 0.2) is 0 Å². The Labute approximate surface area is 128 Å². The molecule has 0 atom stereocenters. The number of hydrogen-bond acceptors (Lipinski definition) is 4. The number of carbonyl (C=O) groups is 2. The molecule has 3 rings (SSSR count). The van der Waals surface area contributed by atoms with Crippen LogP contribution in [0.2, 0.25) is 0 Å². The van der Waals surface area contributed by atoms with Crippen molar-refractivity contribution in [1.82, 2.24) is 5.32 Å². The fourth-order valence-electron chi connectivity index (χ4n) is 2.76.